The van der Waals surface area contributed by atoms with E-state index in [1.807, 2.05) is 56.3 Å². The van der Waals surface area contributed by atoms with Gasteiger partial charge in [0.2, 0.25) is 5.91 Å². The molecule has 0 aliphatic heterocycles. The van der Waals surface area contributed by atoms with E-state index < -0.39 is 0 Å². The first-order chi connectivity index (χ1) is 12.5. The Kier molecular flexibility index (Phi) is 5.18. The highest BCUT2D eigenvalue weighted by molar-refractivity contribution is 7.71. The zero-order valence-electron chi connectivity index (χ0n) is 14.9. The van der Waals surface area contributed by atoms with Crippen molar-refractivity contribution < 1.29 is 9.53 Å². The van der Waals surface area contributed by atoms with Crippen LogP contribution in [0.15, 0.2) is 42.5 Å². The fourth-order valence-corrected chi connectivity index (χ4v) is 2.92. The number of ether oxygens (including phenoxy) is 1. The van der Waals surface area contributed by atoms with E-state index in [9.17, 15) is 4.79 Å². The molecule has 0 saturated carbocycles. The molecule has 6 nitrogen and oxygen atoms in total. The third-order valence-corrected chi connectivity index (χ3v) is 4.28. The smallest absolute Gasteiger partial charge is 0.244 e. The number of aryl methyl sites for hydroxylation is 2. The van der Waals surface area contributed by atoms with E-state index in [1.165, 1.54) is 0 Å². The second-order valence-electron chi connectivity index (χ2n) is 6.06. The van der Waals surface area contributed by atoms with Gasteiger partial charge in [-0.2, -0.15) is 5.10 Å². The highest BCUT2D eigenvalue weighted by atomic mass is 32.1. The number of methoxy groups -OCH3 is 1. The lowest BCUT2D eigenvalue weighted by Gasteiger charge is -2.12. The van der Waals surface area contributed by atoms with Gasteiger partial charge in [-0.15, -0.1) is 0 Å². The van der Waals surface area contributed by atoms with Gasteiger partial charge in [-0.3, -0.25) is 14.5 Å². The van der Waals surface area contributed by atoms with Crippen LogP contribution in [0.25, 0.3) is 11.4 Å². The molecule has 1 heterocycles. The Labute approximate surface area is 156 Å². The van der Waals surface area contributed by atoms with Gasteiger partial charge in [-0.05, 0) is 49.8 Å². The summed E-state index contributed by atoms with van der Waals surface area (Å²) in [6, 6.07) is 13.5. The molecule has 0 saturated heterocycles. The maximum Gasteiger partial charge on any atom is 0.244 e. The average molecular weight is 368 g/mol. The first-order valence-electron chi connectivity index (χ1n) is 8.14. The lowest BCUT2D eigenvalue weighted by Crippen LogP contribution is -2.20. The van der Waals surface area contributed by atoms with Gasteiger partial charge in [0, 0.05) is 5.56 Å². The number of carbonyl (C=O) groups excluding carboxylic acids is 1. The maximum atomic E-state index is 12.6. The van der Waals surface area contributed by atoms with Crippen molar-refractivity contribution in [1.82, 2.24) is 14.8 Å². The molecule has 2 N–H and O–H groups in total. The number of hydrogen-bond donors (Lipinski definition) is 2. The van der Waals surface area contributed by atoms with E-state index in [0.29, 0.717) is 22.0 Å². The molecule has 0 spiro atoms. The van der Waals surface area contributed by atoms with Gasteiger partial charge in [0.1, 0.15) is 12.3 Å². The van der Waals surface area contributed by atoms with Gasteiger partial charge < -0.3 is 10.1 Å². The maximum absolute atomic E-state index is 12.6. The van der Waals surface area contributed by atoms with Crippen molar-refractivity contribution in [2.24, 2.45) is 0 Å². The minimum atomic E-state index is -0.208. The molecule has 0 fully saturated rings. The Morgan fingerprint density at radius 3 is 2.73 bits per heavy atom. The van der Waals surface area contributed by atoms with E-state index in [0.717, 1.165) is 16.7 Å². The SMILES string of the molecule is COc1ccc(C)cc1NC(=O)Cn1c(-c2cccc(C)c2)n[nH]c1=S. The van der Waals surface area contributed by atoms with E-state index >= 15 is 0 Å². The van der Waals surface area contributed by atoms with Crippen LogP contribution < -0.4 is 10.1 Å². The molecular formula is C19H20N4O2S. The lowest BCUT2D eigenvalue weighted by atomic mass is 10.1. The van der Waals surface area contributed by atoms with Crippen LogP contribution in [0.1, 0.15) is 11.1 Å². The monoisotopic (exact) mass is 368 g/mol. The van der Waals surface area contributed by atoms with Gasteiger partial charge in [0.25, 0.3) is 0 Å². The molecule has 7 heteroatoms. The number of anilines is 1. The molecule has 0 radical (unpaired) electrons. The van der Waals surface area contributed by atoms with Crippen molar-refractivity contribution in [3.05, 3.63) is 58.4 Å². The summed E-state index contributed by atoms with van der Waals surface area (Å²) < 4.78 is 7.38. The predicted molar refractivity (Wildman–Crippen MR) is 104 cm³/mol. The second kappa shape index (κ2) is 7.53. The van der Waals surface area contributed by atoms with Gasteiger partial charge in [0.15, 0.2) is 10.6 Å². The zero-order chi connectivity index (χ0) is 18.7. The van der Waals surface area contributed by atoms with Crippen molar-refractivity contribution in [2.45, 2.75) is 20.4 Å². The minimum absolute atomic E-state index is 0.0513. The Morgan fingerprint density at radius 1 is 1.23 bits per heavy atom. The molecule has 0 aliphatic rings. The molecule has 0 bridgehead atoms. The number of benzene rings is 2. The third kappa shape index (κ3) is 3.83. The van der Waals surface area contributed by atoms with Crippen LogP contribution in [0.5, 0.6) is 5.75 Å². The first-order valence-corrected chi connectivity index (χ1v) is 8.55. The summed E-state index contributed by atoms with van der Waals surface area (Å²) in [5.74, 6) is 1.03. The molecule has 2 aromatic carbocycles. The van der Waals surface area contributed by atoms with Crippen molar-refractivity contribution in [2.75, 3.05) is 12.4 Å². The molecule has 1 aromatic heterocycles. The number of aromatic nitrogens is 3. The highest BCUT2D eigenvalue weighted by Gasteiger charge is 2.14. The summed E-state index contributed by atoms with van der Waals surface area (Å²) in [6.07, 6.45) is 0. The molecule has 3 rings (SSSR count). The summed E-state index contributed by atoms with van der Waals surface area (Å²) in [7, 11) is 1.57. The normalized spacial score (nSPS) is 10.6. The largest absolute Gasteiger partial charge is 0.495 e. The fourth-order valence-electron chi connectivity index (χ4n) is 2.72. The number of rotatable bonds is 5. The van der Waals surface area contributed by atoms with E-state index in [1.54, 1.807) is 11.7 Å². The third-order valence-electron chi connectivity index (χ3n) is 3.97. The van der Waals surface area contributed by atoms with Crippen molar-refractivity contribution in [3.8, 4) is 17.1 Å². The molecule has 0 aliphatic carbocycles. The van der Waals surface area contributed by atoms with Gasteiger partial charge in [-0.25, -0.2) is 0 Å². The van der Waals surface area contributed by atoms with E-state index in [2.05, 4.69) is 15.5 Å². The van der Waals surface area contributed by atoms with Gasteiger partial charge >= 0.3 is 0 Å². The molecule has 134 valence electrons. The standard InChI is InChI=1S/C19H20N4O2S/c1-12-5-4-6-14(9-12)18-21-22-19(26)23(18)11-17(24)20-15-10-13(2)7-8-16(15)25-3/h4-10H,11H2,1-3H3,(H,20,24)(H,22,26). The van der Waals surface area contributed by atoms with Crippen LogP contribution in [0.4, 0.5) is 5.69 Å². The summed E-state index contributed by atoms with van der Waals surface area (Å²) >= 11 is 5.30. The topological polar surface area (TPSA) is 71.9 Å². The van der Waals surface area contributed by atoms with Crippen molar-refractivity contribution >= 4 is 23.8 Å². The van der Waals surface area contributed by atoms with Crippen molar-refractivity contribution in [1.29, 1.82) is 0 Å². The van der Waals surface area contributed by atoms with Gasteiger partial charge in [-0.1, -0.05) is 29.8 Å². The van der Waals surface area contributed by atoms with Crippen LogP contribution >= 0.6 is 12.2 Å². The molecule has 3 aromatic rings. The van der Waals surface area contributed by atoms with E-state index in [4.69, 9.17) is 17.0 Å². The Morgan fingerprint density at radius 2 is 2.00 bits per heavy atom. The number of carbonyl (C=O) groups is 1. The van der Waals surface area contributed by atoms with Crippen molar-refractivity contribution in [3.63, 3.8) is 0 Å². The number of nitrogens with one attached hydrogen (secondary N) is 2. The molecule has 1 amide bonds. The predicted octanol–water partition coefficient (Wildman–Crippen LogP) is 3.87. The first kappa shape index (κ1) is 17.9. The fraction of sp³-hybridized carbons (Fsp3) is 0.211. The number of hydrogen-bond acceptors (Lipinski definition) is 4. The number of amides is 1. The minimum Gasteiger partial charge on any atom is -0.495 e. The molecular weight excluding hydrogens is 348 g/mol. The second-order valence-corrected chi connectivity index (χ2v) is 6.45. The van der Waals surface area contributed by atoms with Crippen LogP contribution in [0.3, 0.4) is 0 Å². The Bertz CT molecular complexity index is 1010. The zero-order valence-corrected chi connectivity index (χ0v) is 15.7. The summed E-state index contributed by atoms with van der Waals surface area (Å²) in [4.78, 5) is 12.6. The lowest BCUT2D eigenvalue weighted by molar-refractivity contribution is -0.116. The van der Waals surface area contributed by atoms with Crippen LogP contribution in [0, 0.1) is 18.6 Å². The van der Waals surface area contributed by atoms with Gasteiger partial charge in [0.05, 0.1) is 12.8 Å². The molecule has 0 unspecified atom stereocenters. The quantitative estimate of drug-likeness (QED) is 0.671. The van der Waals surface area contributed by atoms with Crippen LogP contribution in [0.2, 0.25) is 0 Å². The number of nitrogens with zero attached hydrogens (tertiary/aromatic N) is 2. The average Bonchev–Trinajstić information content (AvgIpc) is 2.96. The molecule has 0 atom stereocenters. The number of aromatic amines is 1. The highest BCUT2D eigenvalue weighted by Crippen LogP contribution is 2.25. The summed E-state index contributed by atoms with van der Waals surface area (Å²) in [5, 5.41) is 9.93. The van der Waals surface area contributed by atoms with Crippen LogP contribution in [-0.2, 0) is 11.3 Å². The summed E-state index contributed by atoms with van der Waals surface area (Å²) in [5.41, 5.74) is 3.67. The number of H-pyrrole nitrogens is 1. The van der Waals surface area contributed by atoms with E-state index in [-0.39, 0.29) is 12.5 Å². The Hall–Kier alpha value is -2.93. The van der Waals surface area contributed by atoms with Crippen LogP contribution in [-0.4, -0.2) is 27.8 Å². The summed E-state index contributed by atoms with van der Waals surface area (Å²) in [6.45, 7) is 4.01. The molecule has 26 heavy (non-hydrogen) atoms. The Balaban J connectivity index is 1.86.